The Morgan fingerprint density at radius 1 is 1.29 bits per heavy atom. The number of terminal acetylenes is 1. The highest BCUT2D eigenvalue weighted by molar-refractivity contribution is 4.47. The molecule has 0 heterocycles. The zero-order chi connectivity index (χ0) is 7.41. The summed E-state index contributed by atoms with van der Waals surface area (Å²) in [4.78, 5) is 0. The molecule has 0 aromatic heterocycles. The van der Waals surface area contributed by atoms with Gasteiger partial charge in [-0.25, -0.2) is 0 Å². The van der Waals surface area contributed by atoms with Crippen LogP contribution in [0.5, 0.6) is 0 Å². The topological polar surface area (TPSA) is 24.7 Å². The van der Waals surface area contributed by atoms with Crippen LogP contribution in [0.1, 0.15) is 8.77 Å². The zero-order valence-electron chi connectivity index (χ0n) is 6.05. The van der Waals surface area contributed by atoms with Gasteiger partial charge >= 0.3 is 0 Å². The molecule has 0 atom stereocenters. The highest BCUT2D eigenvalue weighted by atomic mass is 15.0. The lowest BCUT2D eigenvalue weighted by atomic mass is 11.4. The van der Waals surface area contributed by atoms with E-state index < -0.39 is 0 Å². The predicted molar refractivity (Wildman–Crippen MR) is 33.3 cm³/mol. The first-order valence-electron chi connectivity index (χ1n) is 2.43. The van der Waals surface area contributed by atoms with Crippen LogP contribution in [0.15, 0.2) is 10.2 Å². The smallest absolute Gasteiger partial charge is 0.0487 e. The maximum Gasteiger partial charge on any atom is 0.0487 e. The van der Waals surface area contributed by atoms with Crippen molar-refractivity contribution < 1.29 is 1.37 Å². The van der Waals surface area contributed by atoms with Crippen molar-refractivity contribution in [2.24, 2.45) is 10.2 Å². The largest absolute Gasteiger partial charge is 0.198 e. The van der Waals surface area contributed by atoms with Crippen LogP contribution in [-0.4, -0.2) is 14.1 Å². The van der Waals surface area contributed by atoms with E-state index in [1.54, 1.807) is 14.1 Å². The van der Waals surface area contributed by atoms with Crippen molar-refractivity contribution in [1.82, 2.24) is 0 Å². The van der Waals surface area contributed by atoms with Crippen molar-refractivity contribution in [3.63, 3.8) is 0 Å². The van der Waals surface area contributed by atoms with Crippen LogP contribution in [0.2, 0.25) is 0 Å². The third-order valence-electron chi connectivity index (χ3n) is 0.200. The van der Waals surface area contributed by atoms with E-state index in [2.05, 4.69) is 23.1 Å². The number of rotatable bonds is 0. The van der Waals surface area contributed by atoms with E-state index in [1.165, 1.54) is 7.40 Å². The van der Waals surface area contributed by atoms with Crippen LogP contribution in [0.3, 0.4) is 0 Å². The van der Waals surface area contributed by atoms with Gasteiger partial charge in [-0.1, -0.05) is 7.40 Å². The lowest BCUT2D eigenvalue weighted by Crippen LogP contribution is -1.38. The van der Waals surface area contributed by atoms with E-state index in [0.717, 1.165) is 0 Å². The predicted octanol–water partition coefficient (Wildman–Crippen LogP) is 1.58. The summed E-state index contributed by atoms with van der Waals surface area (Å²) in [6.07, 6.45) is 8.00. The highest BCUT2D eigenvalue weighted by Crippen LogP contribution is 1.48. The van der Waals surface area contributed by atoms with Crippen LogP contribution < -0.4 is 0 Å². The zero-order valence-corrected chi connectivity index (χ0v) is 5.05. The summed E-state index contributed by atoms with van der Waals surface area (Å²) in [5.74, 6) is 0. The number of azo groups is 1. The molecule has 0 aromatic carbocycles. The Morgan fingerprint density at radius 2 is 1.43 bits per heavy atom. The van der Waals surface area contributed by atoms with Crippen molar-refractivity contribution in [2.45, 2.75) is 7.40 Å². The summed E-state index contributed by atoms with van der Waals surface area (Å²) in [5, 5.41) is 6.72. The first-order chi connectivity index (χ1) is 3.91. The second kappa shape index (κ2) is 66.4. The van der Waals surface area contributed by atoms with Crippen LogP contribution in [-0.2, 0) is 0 Å². The maximum atomic E-state index is 5.75. The Labute approximate surface area is 47.1 Å². The van der Waals surface area contributed by atoms with Gasteiger partial charge < -0.3 is 0 Å². The fourth-order valence-electron chi connectivity index (χ4n) is 0. The monoisotopic (exact) mass is 101 g/mol. The average Bonchev–Trinajstić information content (AvgIpc) is 1.96. The molecule has 2 nitrogen and oxygen atoms in total. The van der Waals surface area contributed by atoms with Crippen molar-refractivity contribution >= 4 is 0 Å². The summed E-state index contributed by atoms with van der Waals surface area (Å²) < 4.78 is 5.75. The van der Waals surface area contributed by atoms with Crippen molar-refractivity contribution in [1.29, 1.82) is 0 Å². The van der Waals surface area contributed by atoms with E-state index in [0.29, 0.717) is 0 Å². The minimum Gasteiger partial charge on any atom is -0.198 e. The molecule has 0 bridgehead atoms. The Hall–Kier alpha value is -0.840. The van der Waals surface area contributed by atoms with Gasteiger partial charge in [-0.15, -0.1) is 12.8 Å². The fraction of sp³-hybridized carbons (Fsp3) is 0.600. The molecule has 0 aliphatic carbocycles. The van der Waals surface area contributed by atoms with E-state index >= 15 is 0 Å². The Bertz CT molecular complexity index is 45.6. The normalized spacial score (nSPS) is 6.71. The standard InChI is InChI=1S/C2H6N2.C2H2.CH4/c1-3-4-2;1-2;/h1-2H3;1-2H;1H4/i;;1D. The van der Waals surface area contributed by atoms with Gasteiger partial charge in [0.2, 0.25) is 0 Å². The molecule has 0 aliphatic rings. The van der Waals surface area contributed by atoms with E-state index in [-0.39, 0.29) is 0 Å². The molecule has 7 heavy (non-hydrogen) atoms. The molecule has 0 saturated carbocycles. The van der Waals surface area contributed by atoms with Gasteiger partial charge in [-0.3, -0.25) is 0 Å². The second-order valence-corrected chi connectivity index (χ2v) is 0.400. The molecule has 0 radical (unpaired) electrons. The number of hydrogen-bond donors (Lipinski definition) is 0. The third kappa shape index (κ3) is 2010. The first-order valence-corrected chi connectivity index (χ1v) is 1.43. The Balaban J connectivity index is -0.0000000542. The van der Waals surface area contributed by atoms with E-state index in [9.17, 15) is 0 Å². The molecule has 0 rings (SSSR count). The Morgan fingerprint density at radius 3 is 1.43 bits per heavy atom. The van der Waals surface area contributed by atoms with Gasteiger partial charge in [0.25, 0.3) is 0 Å². The molecule has 42 valence electrons. The molecule has 0 N–H and O–H groups in total. The van der Waals surface area contributed by atoms with Crippen LogP contribution >= 0.6 is 0 Å². The Kier molecular flexibility index (Phi) is 89.8. The SMILES string of the molecule is C#C.CN=NC.[2H]C. The minimum absolute atomic E-state index is 1.25. The molecular weight excluding hydrogens is 88.1 g/mol. The minimum atomic E-state index is 1.25. The van der Waals surface area contributed by atoms with Gasteiger partial charge in [-0.05, 0) is 0 Å². The number of nitrogens with zero attached hydrogens (tertiary/aromatic N) is 2. The van der Waals surface area contributed by atoms with Crippen molar-refractivity contribution in [2.75, 3.05) is 14.1 Å². The molecule has 0 aromatic rings. The first kappa shape index (κ1) is 9.48. The third-order valence-corrected chi connectivity index (χ3v) is 0.200. The van der Waals surface area contributed by atoms with Gasteiger partial charge in [0.1, 0.15) is 0 Å². The molecule has 0 aliphatic heterocycles. The summed E-state index contributed by atoms with van der Waals surface area (Å²) in [6.45, 7) is 0. The highest BCUT2D eigenvalue weighted by Gasteiger charge is 1.31. The summed E-state index contributed by atoms with van der Waals surface area (Å²) in [6, 6.07) is 0. The van der Waals surface area contributed by atoms with Gasteiger partial charge in [-0.2, -0.15) is 10.2 Å². The fourth-order valence-corrected chi connectivity index (χ4v) is 0. The quantitative estimate of drug-likeness (QED) is 0.327. The molecule has 2 heteroatoms. The van der Waals surface area contributed by atoms with Crippen LogP contribution in [0, 0.1) is 12.8 Å². The van der Waals surface area contributed by atoms with E-state index in [4.69, 9.17) is 1.37 Å². The van der Waals surface area contributed by atoms with Gasteiger partial charge in [0, 0.05) is 15.5 Å². The lowest BCUT2D eigenvalue weighted by molar-refractivity contribution is 1.11. The van der Waals surface area contributed by atoms with Gasteiger partial charge in [0.15, 0.2) is 0 Å². The average molecular weight is 101 g/mol. The maximum absolute atomic E-state index is 5.75. The van der Waals surface area contributed by atoms with Crippen molar-refractivity contribution in [3.8, 4) is 12.8 Å². The molecule has 0 saturated heterocycles. The van der Waals surface area contributed by atoms with Crippen molar-refractivity contribution in [3.05, 3.63) is 0 Å². The second-order valence-electron chi connectivity index (χ2n) is 0.400. The van der Waals surface area contributed by atoms with E-state index in [1.807, 2.05) is 0 Å². The number of hydrogen-bond acceptors (Lipinski definition) is 2. The summed E-state index contributed by atoms with van der Waals surface area (Å²) >= 11 is 0. The molecule has 0 amide bonds. The molecule has 0 spiro atoms. The molecule has 0 fully saturated rings. The lowest BCUT2D eigenvalue weighted by Gasteiger charge is -1.54. The van der Waals surface area contributed by atoms with Crippen LogP contribution in [0.25, 0.3) is 0 Å². The summed E-state index contributed by atoms with van der Waals surface area (Å²) in [7, 11) is 4.53. The molecule has 0 unspecified atom stereocenters. The summed E-state index contributed by atoms with van der Waals surface area (Å²) in [5.41, 5.74) is 0. The molecular formula is C5H12N2. The van der Waals surface area contributed by atoms with Gasteiger partial charge in [0.05, 0.1) is 0 Å². The van der Waals surface area contributed by atoms with Crippen LogP contribution in [0.4, 0.5) is 0 Å².